The van der Waals surface area contributed by atoms with Gasteiger partial charge in [-0.05, 0) is 47.2 Å². The summed E-state index contributed by atoms with van der Waals surface area (Å²) in [6, 6.07) is 3.87. The van der Waals surface area contributed by atoms with Crippen molar-refractivity contribution >= 4 is 50.1 Å². The van der Waals surface area contributed by atoms with Crippen LogP contribution in [0.3, 0.4) is 0 Å². The highest BCUT2D eigenvalue weighted by molar-refractivity contribution is 14.1. The summed E-state index contributed by atoms with van der Waals surface area (Å²) in [5.41, 5.74) is -0.253. The molecule has 1 aromatic heterocycles. The molecule has 0 saturated heterocycles. The minimum Gasteiger partial charge on any atom is -0.232 e. The largest absolute Gasteiger partial charge is 0.417 e. The first-order chi connectivity index (χ1) is 9.74. The molecular formula is C13H8BrClF3IN2. The molecule has 8 heteroatoms. The van der Waals surface area contributed by atoms with Crippen molar-refractivity contribution in [2.24, 2.45) is 0 Å². The van der Waals surface area contributed by atoms with Crippen molar-refractivity contribution in [1.82, 2.24) is 9.97 Å². The first-order valence-corrected chi connectivity index (χ1v) is 8.08. The van der Waals surface area contributed by atoms with Gasteiger partial charge < -0.3 is 0 Å². The zero-order valence-corrected chi connectivity index (χ0v) is 15.1. The summed E-state index contributed by atoms with van der Waals surface area (Å²) in [5, 5.41) is 0.161. The van der Waals surface area contributed by atoms with Gasteiger partial charge in [-0.1, -0.05) is 34.5 Å². The molecule has 1 aromatic carbocycles. The molecule has 0 fully saturated rings. The van der Waals surface area contributed by atoms with E-state index in [1.807, 2.05) is 29.5 Å². The Balaban J connectivity index is 2.70. The minimum atomic E-state index is -4.50. The second-order valence-corrected chi connectivity index (χ2v) is 6.49. The Kier molecular flexibility index (Phi) is 5.15. The molecule has 0 saturated carbocycles. The van der Waals surface area contributed by atoms with Gasteiger partial charge in [-0.15, -0.1) is 0 Å². The van der Waals surface area contributed by atoms with Gasteiger partial charge in [0.05, 0.1) is 14.8 Å². The average molecular weight is 491 g/mol. The highest BCUT2D eigenvalue weighted by atomic mass is 127. The van der Waals surface area contributed by atoms with Crippen molar-refractivity contribution in [2.45, 2.75) is 19.5 Å². The molecule has 21 heavy (non-hydrogen) atoms. The number of hydrogen-bond acceptors (Lipinski definition) is 2. The predicted molar refractivity (Wildman–Crippen MR) is 87.3 cm³/mol. The van der Waals surface area contributed by atoms with Crippen LogP contribution in [0, 0.1) is 3.57 Å². The number of benzene rings is 1. The molecule has 2 rings (SSSR count). The van der Waals surface area contributed by atoms with E-state index in [0.717, 1.165) is 6.07 Å². The van der Waals surface area contributed by atoms with Crippen molar-refractivity contribution in [1.29, 1.82) is 0 Å². The highest BCUT2D eigenvalue weighted by Gasteiger charge is 2.34. The first kappa shape index (κ1) is 17.0. The fraction of sp³-hybridized carbons (Fsp3) is 0.231. The Hall–Kier alpha value is -0.410. The Morgan fingerprint density at radius 3 is 2.52 bits per heavy atom. The third-order valence-electron chi connectivity index (χ3n) is 2.74. The number of halogens is 6. The Labute approximate surface area is 146 Å². The van der Waals surface area contributed by atoms with E-state index in [-0.39, 0.29) is 16.5 Å². The van der Waals surface area contributed by atoms with Crippen LogP contribution >= 0.6 is 50.1 Å². The summed E-state index contributed by atoms with van der Waals surface area (Å²) >= 11 is 11.0. The highest BCUT2D eigenvalue weighted by Crippen LogP contribution is 2.38. The van der Waals surface area contributed by atoms with Crippen LogP contribution in [-0.4, -0.2) is 9.97 Å². The van der Waals surface area contributed by atoms with Gasteiger partial charge in [-0.3, -0.25) is 0 Å². The van der Waals surface area contributed by atoms with Gasteiger partial charge in [-0.25, -0.2) is 9.97 Å². The molecular weight excluding hydrogens is 483 g/mol. The van der Waals surface area contributed by atoms with Gasteiger partial charge in [0.15, 0.2) is 5.82 Å². The maximum absolute atomic E-state index is 13.2. The molecule has 2 aromatic rings. The zero-order valence-electron chi connectivity index (χ0n) is 10.6. The van der Waals surface area contributed by atoms with Crippen LogP contribution in [0.15, 0.2) is 22.7 Å². The molecule has 0 bridgehead atoms. The third kappa shape index (κ3) is 3.68. The molecule has 0 atom stereocenters. The summed E-state index contributed by atoms with van der Waals surface area (Å²) in [5.74, 6) is -0.0166. The van der Waals surface area contributed by atoms with Crippen molar-refractivity contribution in [3.8, 4) is 11.4 Å². The van der Waals surface area contributed by atoms with Crippen LogP contribution in [0.1, 0.15) is 18.2 Å². The number of rotatable bonds is 2. The van der Waals surface area contributed by atoms with Crippen molar-refractivity contribution in [3.05, 3.63) is 42.7 Å². The summed E-state index contributed by atoms with van der Waals surface area (Å²) < 4.78 is 40.5. The fourth-order valence-electron chi connectivity index (χ4n) is 1.76. The van der Waals surface area contributed by atoms with E-state index in [4.69, 9.17) is 11.6 Å². The fourth-order valence-corrected chi connectivity index (χ4v) is 2.94. The quantitative estimate of drug-likeness (QED) is 0.395. The summed E-state index contributed by atoms with van der Waals surface area (Å²) in [6.45, 7) is 1.86. The lowest BCUT2D eigenvalue weighted by Gasteiger charge is -2.14. The number of aromatic nitrogens is 2. The van der Waals surface area contributed by atoms with Crippen LogP contribution in [0.4, 0.5) is 13.2 Å². The molecule has 0 radical (unpaired) electrons. The number of nitrogens with zero attached hydrogens (tertiary/aromatic N) is 2. The van der Waals surface area contributed by atoms with Gasteiger partial charge >= 0.3 is 6.18 Å². The second-order valence-electron chi connectivity index (χ2n) is 4.14. The Bertz CT molecular complexity index is 692. The average Bonchev–Trinajstić information content (AvgIpc) is 2.40. The molecule has 0 spiro atoms. The van der Waals surface area contributed by atoms with E-state index in [2.05, 4.69) is 25.9 Å². The summed E-state index contributed by atoms with van der Waals surface area (Å²) in [6.07, 6.45) is -3.93. The molecule has 0 aliphatic heterocycles. The number of aryl methyl sites for hydroxylation is 1. The number of alkyl halides is 3. The van der Waals surface area contributed by atoms with Gasteiger partial charge in [-0.2, -0.15) is 13.2 Å². The van der Waals surface area contributed by atoms with E-state index in [9.17, 15) is 13.2 Å². The van der Waals surface area contributed by atoms with Crippen LogP contribution in [0.25, 0.3) is 11.4 Å². The molecule has 0 amide bonds. The molecule has 0 aliphatic carbocycles. The smallest absolute Gasteiger partial charge is 0.232 e. The van der Waals surface area contributed by atoms with Gasteiger partial charge in [0.1, 0.15) is 5.15 Å². The Morgan fingerprint density at radius 1 is 1.29 bits per heavy atom. The van der Waals surface area contributed by atoms with Gasteiger partial charge in [0.25, 0.3) is 0 Å². The first-order valence-electron chi connectivity index (χ1n) is 5.83. The molecule has 2 nitrogen and oxygen atoms in total. The molecule has 112 valence electrons. The van der Waals surface area contributed by atoms with E-state index in [1.54, 1.807) is 0 Å². The summed E-state index contributed by atoms with van der Waals surface area (Å²) in [7, 11) is 0. The molecule has 1 heterocycles. The lowest BCUT2D eigenvalue weighted by molar-refractivity contribution is -0.137. The van der Waals surface area contributed by atoms with Crippen LogP contribution < -0.4 is 0 Å². The Morgan fingerprint density at radius 2 is 1.95 bits per heavy atom. The monoisotopic (exact) mass is 490 g/mol. The molecule has 0 N–H and O–H groups in total. The van der Waals surface area contributed by atoms with Crippen LogP contribution in [0.5, 0.6) is 0 Å². The summed E-state index contributed by atoms with van der Waals surface area (Å²) in [4.78, 5) is 8.19. The standard InChI is InChI=1S/C13H8BrClF3IN2/c1-2-9-10(19)11(15)21-12(20-9)7-4-3-6(14)5-8(7)13(16,17)18/h3-5H,2H2,1H3. The van der Waals surface area contributed by atoms with Gasteiger partial charge in [0.2, 0.25) is 0 Å². The molecule has 0 aliphatic rings. The number of hydrogen-bond donors (Lipinski definition) is 0. The maximum atomic E-state index is 13.2. The maximum Gasteiger partial charge on any atom is 0.417 e. The van der Waals surface area contributed by atoms with E-state index in [0.29, 0.717) is 20.2 Å². The lowest BCUT2D eigenvalue weighted by Crippen LogP contribution is -2.09. The van der Waals surface area contributed by atoms with E-state index < -0.39 is 11.7 Å². The van der Waals surface area contributed by atoms with Crippen LogP contribution in [-0.2, 0) is 12.6 Å². The third-order valence-corrected chi connectivity index (χ3v) is 4.96. The van der Waals surface area contributed by atoms with Crippen molar-refractivity contribution in [2.75, 3.05) is 0 Å². The second kappa shape index (κ2) is 6.37. The van der Waals surface area contributed by atoms with E-state index in [1.165, 1.54) is 12.1 Å². The lowest BCUT2D eigenvalue weighted by atomic mass is 10.1. The predicted octanol–water partition coefficient (Wildman–Crippen LogP) is 5.75. The van der Waals surface area contributed by atoms with Crippen LogP contribution in [0.2, 0.25) is 5.15 Å². The zero-order chi connectivity index (χ0) is 15.8. The SMILES string of the molecule is CCc1nc(-c2ccc(Br)cc2C(F)(F)F)nc(Cl)c1I. The molecule has 0 unspecified atom stereocenters. The normalized spacial score (nSPS) is 11.8. The van der Waals surface area contributed by atoms with Crippen molar-refractivity contribution in [3.63, 3.8) is 0 Å². The van der Waals surface area contributed by atoms with Crippen molar-refractivity contribution < 1.29 is 13.2 Å². The van der Waals surface area contributed by atoms with Gasteiger partial charge in [0, 0.05) is 10.0 Å². The minimum absolute atomic E-state index is 0.0166. The topological polar surface area (TPSA) is 25.8 Å². The van der Waals surface area contributed by atoms with E-state index >= 15 is 0 Å².